The molecule has 10 aromatic heterocycles. The Morgan fingerprint density at radius 3 is 1.13 bits per heavy atom. The van der Waals surface area contributed by atoms with Crippen LogP contribution in [0.1, 0.15) is 56.3 Å². The summed E-state index contributed by atoms with van der Waals surface area (Å²) in [7, 11) is 6.43. The van der Waals surface area contributed by atoms with Crippen molar-refractivity contribution in [2.75, 3.05) is 55.0 Å². The normalized spacial score (nSPS) is 10.9. The van der Waals surface area contributed by atoms with Crippen molar-refractivity contribution in [3.63, 3.8) is 0 Å². The van der Waals surface area contributed by atoms with E-state index in [2.05, 4.69) is 122 Å². The maximum absolute atomic E-state index is 13.1. The van der Waals surface area contributed by atoms with Crippen molar-refractivity contribution in [2.24, 2.45) is 0 Å². The van der Waals surface area contributed by atoms with Gasteiger partial charge in [-0.25, -0.2) is 29.3 Å². The zero-order valence-electron chi connectivity index (χ0n) is 74.9. The maximum Gasteiger partial charge on any atom is 0.274 e. The Hall–Kier alpha value is -17.3. The Bertz CT molecular complexity index is 8000. The van der Waals surface area contributed by atoms with Gasteiger partial charge in [0.2, 0.25) is 0 Å². The van der Waals surface area contributed by atoms with E-state index in [1.165, 1.54) is 81.7 Å². The van der Waals surface area contributed by atoms with Crippen LogP contribution in [0.2, 0.25) is 10.0 Å². The molecule has 10 N–H and O–H groups in total. The molecule has 0 aliphatic rings. The van der Waals surface area contributed by atoms with Gasteiger partial charge in [0.25, 0.3) is 56.7 Å². The standard InChI is InChI=1S/C20H18ClN5O2.C20H19N5O3.C20H19N5O2.C20H19N5O.C19H15ClFN5O/c1-12-5-3-4-6-15(12)19-24-20-23-14(10-18(27)26(20)25-19)11-22-16-9-13(21)7-8-17(16)28-2;1-27-16-8-6-13(7-9-16)19-23-20-22-15(11-18(26)25(20)24-19)12-21-14-4-3-5-17(10-14)28-2;1-13-3-7-15(8-4-13)21-12-16-11-18(26)25-20(22-16)23-19(24-25)14-5-9-17(27-2)10-6-14;1-13-7-6-10-17(14(13)2)21-12-16-11-18(26)25-20(22-16)23-19(24-25)15-8-4-3-5-9-15;1-11-2-5-13(20)8-16(11)22-10-15-9-17(27)26-19(23-15)24-18(25-26)12-3-6-14(21)7-4-12/h3-10,22H,11H2,1-2H3,(H,23,24,25);3-11,21H,12H2,1-2H3,(H,22,23,24);3-11,21H,12H2,1-2H3,(H,22,23,24);3-11,21H,12H2,1-2H3,(H,22,23,24);2-9,22H,10H2,1H3,(H,23,24,25). The zero-order chi connectivity index (χ0) is 95.0. The van der Waals surface area contributed by atoms with Gasteiger partial charge in [0.15, 0.2) is 29.1 Å². The lowest BCUT2D eigenvalue weighted by molar-refractivity contribution is 0.414. The quantitative estimate of drug-likeness (QED) is 0.0269. The van der Waals surface area contributed by atoms with Crippen LogP contribution in [-0.2, 0) is 32.7 Å². The smallest absolute Gasteiger partial charge is 0.274 e. The van der Waals surface area contributed by atoms with E-state index in [1.54, 1.807) is 58.8 Å². The van der Waals surface area contributed by atoms with Crippen molar-refractivity contribution < 1.29 is 23.3 Å². The molecule has 34 nitrogen and oxygen atoms in total. The van der Waals surface area contributed by atoms with Gasteiger partial charge in [0.05, 0.1) is 95.3 Å². The number of hydrogen-bond donors (Lipinski definition) is 10. The monoisotopic (exact) mass is 1860 g/mol. The van der Waals surface area contributed by atoms with Crippen LogP contribution >= 0.6 is 23.2 Å². The number of nitrogens with one attached hydrogen (secondary N) is 10. The highest BCUT2D eigenvalue weighted by molar-refractivity contribution is 6.31. The zero-order valence-corrected chi connectivity index (χ0v) is 76.4. The number of anilines is 5. The van der Waals surface area contributed by atoms with Gasteiger partial charge in [0, 0.05) is 97.0 Å². The molecule has 10 aromatic carbocycles. The predicted molar refractivity (Wildman–Crippen MR) is 524 cm³/mol. The van der Waals surface area contributed by atoms with Crippen LogP contribution in [0.25, 0.3) is 85.8 Å². The number of H-pyrrole nitrogens is 5. The van der Waals surface area contributed by atoms with Gasteiger partial charge in [-0.3, -0.25) is 49.5 Å². The molecule has 37 heteroatoms. The van der Waals surface area contributed by atoms with E-state index in [0.29, 0.717) is 135 Å². The molecule has 0 aliphatic heterocycles. The largest absolute Gasteiger partial charge is 0.497 e. The third-order valence-corrected chi connectivity index (χ3v) is 22.1. The SMILES string of the molecule is COc1ccc(-c2nc3nc(CNc4ccc(C)cc4)cc(=O)n3[nH]2)cc1.COc1ccc(-c2nc3nc(CNc4cccc(OC)c4)cc(=O)n3[nH]2)cc1.COc1ccc(Cl)cc1NCc1cc(=O)n2[nH]c(-c3ccccc3C)nc2n1.Cc1ccc(Cl)cc1NCc1cc(=O)n2[nH]c(-c3ccc(F)cc3)nc2n1.Cc1cccc(NCc2cc(=O)n3[nH]c(-c4ccccc4)nc3n2)c1C. The van der Waals surface area contributed by atoms with E-state index in [1.807, 2.05) is 203 Å². The molecular weight excluding hydrogens is 1770 g/mol. The molecule has 0 amide bonds. The van der Waals surface area contributed by atoms with Crippen molar-refractivity contribution in [3.05, 3.63) is 385 Å². The number of ether oxygens (including phenoxy) is 4. The first-order chi connectivity index (χ1) is 65.9. The Balaban J connectivity index is 0.000000123. The van der Waals surface area contributed by atoms with Gasteiger partial charge >= 0.3 is 0 Å². The van der Waals surface area contributed by atoms with E-state index in [-0.39, 0.29) is 39.4 Å². The molecule has 20 aromatic rings. The first-order valence-corrected chi connectivity index (χ1v) is 43.4. The lowest BCUT2D eigenvalue weighted by Crippen LogP contribution is -2.17. The predicted octanol–water partition coefficient (Wildman–Crippen LogP) is 16.5. The summed E-state index contributed by atoms with van der Waals surface area (Å²) in [5.41, 5.74) is 16.3. The highest BCUT2D eigenvalue weighted by Gasteiger charge is 2.19. The fourth-order valence-corrected chi connectivity index (χ4v) is 14.5. The average molecular weight is 1860 g/mol. The average Bonchev–Trinajstić information content (AvgIpc) is 1.67. The topological polar surface area (TPSA) is 412 Å². The molecule has 20 rings (SSSR count). The minimum atomic E-state index is -0.338. The molecule has 0 spiro atoms. The second kappa shape index (κ2) is 41.8. The molecule has 0 radical (unpaired) electrons. The van der Waals surface area contributed by atoms with E-state index in [4.69, 9.17) is 42.1 Å². The first kappa shape index (κ1) is 92.0. The van der Waals surface area contributed by atoms with E-state index < -0.39 is 0 Å². The summed E-state index contributed by atoms with van der Waals surface area (Å²) in [4.78, 5) is 107. The van der Waals surface area contributed by atoms with Crippen LogP contribution in [0, 0.1) is 40.4 Å². The second-order valence-electron chi connectivity index (χ2n) is 31.0. The fourth-order valence-electron chi connectivity index (χ4n) is 14.2. The van der Waals surface area contributed by atoms with Crippen LogP contribution in [0.4, 0.5) is 32.8 Å². The van der Waals surface area contributed by atoms with Gasteiger partial charge in [0.1, 0.15) is 28.8 Å². The molecule has 0 atom stereocenters. The molecule has 0 saturated carbocycles. The van der Waals surface area contributed by atoms with Gasteiger partial charge in [-0.1, -0.05) is 120 Å². The van der Waals surface area contributed by atoms with Crippen LogP contribution in [0.5, 0.6) is 23.0 Å². The number of fused-ring (bicyclic) bond motifs is 5. The van der Waals surface area contributed by atoms with Crippen molar-refractivity contribution in [3.8, 4) is 79.9 Å². The van der Waals surface area contributed by atoms with Gasteiger partial charge in [-0.15, -0.1) is 0 Å². The number of hydrogen-bond acceptors (Lipinski definition) is 24. The minimum absolute atomic E-state index is 0.178. The third-order valence-electron chi connectivity index (χ3n) is 21.6. The maximum atomic E-state index is 13.1. The van der Waals surface area contributed by atoms with E-state index in [9.17, 15) is 28.4 Å². The number of nitrogens with zero attached hydrogens (tertiary/aromatic N) is 15. The van der Waals surface area contributed by atoms with E-state index in [0.717, 1.165) is 79.1 Å². The summed E-state index contributed by atoms with van der Waals surface area (Å²) in [5.74, 6) is 6.98. The van der Waals surface area contributed by atoms with Gasteiger partial charge < -0.3 is 45.5 Å². The Morgan fingerprint density at radius 2 is 0.676 bits per heavy atom. The summed E-state index contributed by atoms with van der Waals surface area (Å²) in [6.45, 7) is 12.1. The van der Waals surface area contributed by atoms with Gasteiger partial charge in [-0.05, 0) is 190 Å². The molecule has 0 unspecified atom stereocenters. The van der Waals surface area contributed by atoms with E-state index >= 15 is 0 Å². The summed E-state index contributed by atoms with van der Waals surface area (Å²) in [5, 5.41) is 32.4. The number of halogens is 3. The van der Waals surface area contributed by atoms with Crippen molar-refractivity contribution in [2.45, 2.75) is 67.3 Å². The number of aromatic nitrogens is 20. The Kier molecular flexibility index (Phi) is 28.3. The lowest BCUT2D eigenvalue weighted by atomic mass is 10.1. The highest BCUT2D eigenvalue weighted by Crippen LogP contribution is 2.31. The molecule has 136 heavy (non-hydrogen) atoms. The number of rotatable bonds is 24. The second-order valence-corrected chi connectivity index (χ2v) is 31.9. The summed E-state index contributed by atoms with van der Waals surface area (Å²) in [6.07, 6.45) is 0. The number of aromatic amines is 5. The molecule has 10 heterocycles. The number of benzene rings is 10. The lowest BCUT2D eigenvalue weighted by Gasteiger charge is -2.11. The Morgan fingerprint density at radius 1 is 0.301 bits per heavy atom. The summed E-state index contributed by atoms with van der Waals surface area (Å²) < 4.78 is 40.6. The molecule has 0 aliphatic carbocycles. The molecule has 0 bridgehead atoms. The third kappa shape index (κ3) is 22.3. The molecule has 0 saturated heterocycles. The van der Waals surface area contributed by atoms with Crippen molar-refractivity contribution >= 4 is 80.5 Å². The first-order valence-electron chi connectivity index (χ1n) is 42.6. The van der Waals surface area contributed by atoms with Crippen LogP contribution < -0.4 is 73.3 Å². The molecular formula is C99H90Cl2FN25O9. The van der Waals surface area contributed by atoms with Crippen LogP contribution in [0.15, 0.2) is 285 Å². The van der Waals surface area contributed by atoms with Crippen molar-refractivity contribution in [1.82, 2.24) is 97.9 Å². The summed E-state index contributed by atoms with van der Waals surface area (Å²) in [6, 6.07) is 78.2. The van der Waals surface area contributed by atoms with Crippen LogP contribution in [-0.4, -0.2) is 126 Å². The summed E-state index contributed by atoms with van der Waals surface area (Å²) >= 11 is 12.1. The minimum Gasteiger partial charge on any atom is -0.497 e. The highest BCUT2D eigenvalue weighted by atomic mass is 35.5. The molecule has 686 valence electrons. The Labute approximate surface area is 784 Å². The molecule has 0 fully saturated rings. The number of methoxy groups -OCH3 is 4. The van der Waals surface area contributed by atoms with Crippen molar-refractivity contribution in [1.29, 1.82) is 0 Å². The fraction of sp³-hybridized carbons (Fsp3) is 0.141. The van der Waals surface area contributed by atoms with Gasteiger partial charge in [-0.2, -0.15) is 47.5 Å². The number of aryl methyl sites for hydroxylation is 4. The van der Waals surface area contributed by atoms with Crippen LogP contribution in [0.3, 0.4) is 0 Å².